The molecule has 7 heteroatoms. The highest BCUT2D eigenvalue weighted by Gasteiger charge is 2.23. The third-order valence-corrected chi connectivity index (χ3v) is 5.56. The number of hydrogen-bond donors (Lipinski definition) is 2. The number of aromatic nitrogens is 3. The predicted octanol–water partition coefficient (Wildman–Crippen LogP) is 4.07. The van der Waals surface area contributed by atoms with Crippen molar-refractivity contribution in [3.63, 3.8) is 0 Å². The zero-order chi connectivity index (χ0) is 21.9. The maximum atomic E-state index is 9.42. The summed E-state index contributed by atoms with van der Waals surface area (Å²) in [6, 6.07) is 22.2. The van der Waals surface area contributed by atoms with Crippen LogP contribution in [0.1, 0.15) is 23.1 Å². The van der Waals surface area contributed by atoms with Crippen LogP contribution in [0.15, 0.2) is 79.1 Å². The minimum atomic E-state index is -0.106. The molecular formula is C25H25N5O2. The fourth-order valence-corrected chi connectivity index (χ4v) is 3.95. The second-order valence-electron chi connectivity index (χ2n) is 7.92. The van der Waals surface area contributed by atoms with Gasteiger partial charge in [0.1, 0.15) is 24.4 Å². The monoisotopic (exact) mass is 427 g/mol. The lowest BCUT2D eigenvalue weighted by molar-refractivity contribution is 0.160. The van der Waals surface area contributed by atoms with E-state index >= 15 is 0 Å². The first-order chi connectivity index (χ1) is 15.7. The van der Waals surface area contributed by atoms with E-state index in [1.165, 1.54) is 0 Å². The largest absolute Gasteiger partial charge is 0.468 e. The van der Waals surface area contributed by atoms with E-state index in [0.717, 1.165) is 41.4 Å². The van der Waals surface area contributed by atoms with E-state index < -0.39 is 0 Å². The zero-order valence-electron chi connectivity index (χ0n) is 17.8. The number of fused-ring (bicyclic) bond motifs is 1. The molecule has 1 atom stereocenters. The van der Waals surface area contributed by atoms with Crippen molar-refractivity contribution >= 4 is 11.5 Å². The van der Waals surface area contributed by atoms with Crippen molar-refractivity contribution in [1.29, 1.82) is 0 Å². The summed E-state index contributed by atoms with van der Waals surface area (Å²) >= 11 is 0. The molecule has 0 saturated carbocycles. The lowest BCUT2D eigenvalue weighted by Crippen LogP contribution is -2.24. The third kappa shape index (κ3) is 4.21. The molecule has 2 N–H and O–H groups in total. The van der Waals surface area contributed by atoms with Gasteiger partial charge in [0.05, 0.1) is 0 Å². The fourth-order valence-electron chi connectivity index (χ4n) is 3.95. The van der Waals surface area contributed by atoms with Gasteiger partial charge in [-0.1, -0.05) is 30.3 Å². The molecule has 0 radical (unpaired) electrons. The number of pyridine rings is 1. The van der Waals surface area contributed by atoms with Gasteiger partial charge in [0, 0.05) is 42.4 Å². The van der Waals surface area contributed by atoms with Crippen LogP contribution in [-0.2, 0) is 13.2 Å². The van der Waals surface area contributed by atoms with Gasteiger partial charge in [-0.2, -0.15) is 4.98 Å². The van der Waals surface area contributed by atoms with Crippen molar-refractivity contribution in [2.45, 2.75) is 19.3 Å². The molecule has 0 amide bonds. The summed E-state index contributed by atoms with van der Waals surface area (Å²) in [5.74, 6) is 2.00. The second-order valence-corrected chi connectivity index (χ2v) is 7.92. The predicted molar refractivity (Wildman–Crippen MR) is 123 cm³/mol. The molecule has 0 aliphatic carbocycles. The maximum absolute atomic E-state index is 9.42. The summed E-state index contributed by atoms with van der Waals surface area (Å²) in [4.78, 5) is 11.2. The van der Waals surface area contributed by atoms with Gasteiger partial charge in [-0.25, -0.2) is 4.98 Å². The molecule has 5 rings (SSSR count). The molecule has 1 aliphatic heterocycles. The van der Waals surface area contributed by atoms with Crippen molar-refractivity contribution in [3.05, 3.63) is 96.1 Å². The molecule has 0 saturated heterocycles. The van der Waals surface area contributed by atoms with E-state index in [4.69, 9.17) is 9.72 Å². The van der Waals surface area contributed by atoms with Crippen molar-refractivity contribution in [1.82, 2.24) is 19.4 Å². The highest BCUT2D eigenvalue weighted by atomic mass is 16.5. The lowest BCUT2D eigenvalue weighted by atomic mass is 10.1. The van der Waals surface area contributed by atoms with Crippen LogP contribution in [0.4, 0.5) is 11.5 Å². The standard InChI is InChI=1S/C25H25N5O2/c1-29-15-19-7-12-23(28-25(19)32-22(16-29)18-5-3-2-4-6-18)27-20-8-10-21(11-9-20)30-14-13-26-24(30)17-31/h2-14,22,31H,15-17H2,1H3,(H,27,28)/t22-/m0/s1. The average Bonchev–Trinajstić information content (AvgIpc) is 3.23. The molecule has 0 bridgehead atoms. The molecule has 3 heterocycles. The molecular weight excluding hydrogens is 402 g/mol. The Hall–Kier alpha value is -3.68. The molecule has 7 nitrogen and oxygen atoms in total. The molecule has 162 valence electrons. The van der Waals surface area contributed by atoms with Crippen molar-refractivity contribution in [2.24, 2.45) is 0 Å². The smallest absolute Gasteiger partial charge is 0.220 e. The van der Waals surface area contributed by atoms with Gasteiger partial charge in [-0.05, 0) is 49.0 Å². The molecule has 32 heavy (non-hydrogen) atoms. The van der Waals surface area contributed by atoms with Crippen LogP contribution in [0, 0.1) is 0 Å². The van der Waals surface area contributed by atoms with E-state index in [9.17, 15) is 5.11 Å². The van der Waals surface area contributed by atoms with E-state index in [1.54, 1.807) is 6.20 Å². The van der Waals surface area contributed by atoms with Gasteiger partial charge in [0.25, 0.3) is 0 Å². The Kier molecular flexibility index (Phi) is 5.58. The Balaban J connectivity index is 1.36. The quantitative estimate of drug-likeness (QED) is 0.500. The van der Waals surface area contributed by atoms with Gasteiger partial charge in [-0.3, -0.25) is 4.90 Å². The van der Waals surface area contributed by atoms with Crippen LogP contribution in [0.2, 0.25) is 0 Å². The Morgan fingerprint density at radius 1 is 1.06 bits per heavy atom. The third-order valence-electron chi connectivity index (χ3n) is 5.56. The van der Waals surface area contributed by atoms with Gasteiger partial charge in [0.2, 0.25) is 5.88 Å². The van der Waals surface area contributed by atoms with E-state index in [1.807, 2.05) is 59.3 Å². The number of hydrogen-bond acceptors (Lipinski definition) is 6. The summed E-state index contributed by atoms with van der Waals surface area (Å²) in [6.07, 6.45) is 3.44. The number of ether oxygens (including phenoxy) is 1. The zero-order valence-corrected chi connectivity index (χ0v) is 17.8. The number of aliphatic hydroxyl groups is 1. The van der Waals surface area contributed by atoms with Crippen molar-refractivity contribution in [3.8, 4) is 11.6 Å². The maximum Gasteiger partial charge on any atom is 0.220 e. The number of likely N-dealkylation sites (N-methyl/N-ethyl adjacent to an activating group) is 1. The summed E-state index contributed by atoms with van der Waals surface area (Å²) in [7, 11) is 2.10. The van der Waals surface area contributed by atoms with Crippen LogP contribution in [0.5, 0.6) is 5.88 Å². The van der Waals surface area contributed by atoms with Crippen LogP contribution in [0.3, 0.4) is 0 Å². The number of anilines is 2. The topological polar surface area (TPSA) is 75.4 Å². The molecule has 0 unspecified atom stereocenters. The minimum absolute atomic E-state index is 0.0691. The number of imidazole rings is 1. The summed E-state index contributed by atoms with van der Waals surface area (Å²) < 4.78 is 8.22. The Labute approximate surface area is 186 Å². The average molecular weight is 428 g/mol. The lowest BCUT2D eigenvalue weighted by Gasteiger charge is -2.20. The molecule has 4 aromatic rings. The SMILES string of the molecule is CN1Cc2ccc(Nc3ccc(-n4ccnc4CO)cc3)nc2O[C@H](c2ccccc2)C1. The first kappa shape index (κ1) is 20.2. The Morgan fingerprint density at radius 2 is 1.88 bits per heavy atom. The minimum Gasteiger partial charge on any atom is -0.468 e. The number of aliphatic hydroxyl groups excluding tert-OH is 1. The van der Waals surface area contributed by atoms with Gasteiger partial charge in [0.15, 0.2) is 0 Å². The van der Waals surface area contributed by atoms with Crippen LogP contribution < -0.4 is 10.1 Å². The van der Waals surface area contributed by atoms with Gasteiger partial charge >= 0.3 is 0 Å². The number of nitrogens with one attached hydrogen (secondary N) is 1. The van der Waals surface area contributed by atoms with E-state index in [-0.39, 0.29) is 12.7 Å². The van der Waals surface area contributed by atoms with Crippen LogP contribution >= 0.6 is 0 Å². The van der Waals surface area contributed by atoms with Gasteiger partial charge in [-0.15, -0.1) is 0 Å². The highest BCUT2D eigenvalue weighted by Crippen LogP contribution is 2.31. The first-order valence-corrected chi connectivity index (χ1v) is 10.6. The highest BCUT2D eigenvalue weighted by molar-refractivity contribution is 5.59. The summed E-state index contributed by atoms with van der Waals surface area (Å²) in [5.41, 5.74) is 4.06. The summed E-state index contributed by atoms with van der Waals surface area (Å²) in [6.45, 7) is 1.48. The first-order valence-electron chi connectivity index (χ1n) is 10.6. The van der Waals surface area contributed by atoms with Crippen LogP contribution in [0.25, 0.3) is 5.69 Å². The molecule has 2 aromatic heterocycles. The van der Waals surface area contributed by atoms with Crippen LogP contribution in [-0.4, -0.2) is 38.1 Å². The van der Waals surface area contributed by atoms with Crippen molar-refractivity contribution < 1.29 is 9.84 Å². The molecule has 2 aromatic carbocycles. The second kappa shape index (κ2) is 8.82. The van der Waals surface area contributed by atoms with E-state index in [2.05, 4.69) is 40.4 Å². The Bertz CT molecular complexity index is 1190. The Morgan fingerprint density at radius 3 is 2.66 bits per heavy atom. The fraction of sp³-hybridized carbons (Fsp3) is 0.200. The number of benzene rings is 2. The van der Waals surface area contributed by atoms with Gasteiger partial charge < -0.3 is 19.7 Å². The number of rotatable bonds is 5. The van der Waals surface area contributed by atoms with E-state index in [0.29, 0.717) is 11.7 Å². The molecule has 0 spiro atoms. The normalized spacial score (nSPS) is 16.1. The van der Waals surface area contributed by atoms with Crippen molar-refractivity contribution in [2.75, 3.05) is 18.9 Å². The molecule has 0 fully saturated rings. The summed E-state index contributed by atoms with van der Waals surface area (Å²) in [5, 5.41) is 12.8. The number of nitrogens with zero attached hydrogens (tertiary/aromatic N) is 4. The molecule has 1 aliphatic rings.